The predicted molar refractivity (Wildman–Crippen MR) is 91.3 cm³/mol. The molecule has 126 valence electrons. The van der Waals surface area contributed by atoms with Gasteiger partial charge in [0, 0.05) is 44.7 Å². The van der Waals surface area contributed by atoms with Crippen molar-refractivity contribution in [3.63, 3.8) is 0 Å². The van der Waals surface area contributed by atoms with E-state index in [2.05, 4.69) is 17.1 Å². The van der Waals surface area contributed by atoms with Crippen LogP contribution in [0.25, 0.3) is 0 Å². The average molecular weight is 317 g/mol. The first kappa shape index (κ1) is 17.5. The van der Waals surface area contributed by atoms with Gasteiger partial charge in [0.05, 0.1) is 0 Å². The summed E-state index contributed by atoms with van der Waals surface area (Å²) in [5.41, 5.74) is 0.658. The standard InChI is InChI=1S/C18H27N3O2/c1-2-11-20-12-14-21(15-13-20)17(22)9-6-10-19-18(23)16-7-4-3-5-8-16/h3-5,7-8H,2,6,9-15H2,1H3,(H,19,23). The Kier molecular flexibility index (Phi) is 7.07. The number of hydrogen-bond acceptors (Lipinski definition) is 3. The van der Waals surface area contributed by atoms with Crippen molar-refractivity contribution in [1.82, 2.24) is 15.1 Å². The van der Waals surface area contributed by atoms with Crippen molar-refractivity contribution in [2.24, 2.45) is 0 Å². The Morgan fingerprint density at radius 1 is 1.09 bits per heavy atom. The highest BCUT2D eigenvalue weighted by Crippen LogP contribution is 2.05. The van der Waals surface area contributed by atoms with Crippen LogP contribution in [0.5, 0.6) is 0 Å². The summed E-state index contributed by atoms with van der Waals surface area (Å²) in [6, 6.07) is 9.15. The van der Waals surface area contributed by atoms with Crippen molar-refractivity contribution in [3.05, 3.63) is 35.9 Å². The van der Waals surface area contributed by atoms with Gasteiger partial charge in [0.15, 0.2) is 0 Å². The molecule has 1 aromatic carbocycles. The summed E-state index contributed by atoms with van der Waals surface area (Å²) in [6.07, 6.45) is 2.35. The molecule has 1 aliphatic rings. The maximum absolute atomic E-state index is 12.2. The zero-order valence-corrected chi connectivity index (χ0v) is 14.0. The lowest BCUT2D eigenvalue weighted by Crippen LogP contribution is -2.48. The minimum atomic E-state index is -0.0776. The summed E-state index contributed by atoms with van der Waals surface area (Å²) < 4.78 is 0. The first-order valence-corrected chi connectivity index (χ1v) is 8.54. The molecule has 1 N–H and O–H groups in total. The maximum Gasteiger partial charge on any atom is 0.251 e. The number of nitrogens with one attached hydrogen (secondary N) is 1. The molecule has 1 fully saturated rings. The third-order valence-electron chi connectivity index (χ3n) is 4.15. The summed E-state index contributed by atoms with van der Waals surface area (Å²) in [4.78, 5) is 28.4. The number of amides is 2. The van der Waals surface area contributed by atoms with Gasteiger partial charge >= 0.3 is 0 Å². The molecule has 23 heavy (non-hydrogen) atoms. The fraction of sp³-hybridized carbons (Fsp3) is 0.556. The van der Waals surface area contributed by atoms with E-state index < -0.39 is 0 Å². The highest BCUT2D eigenvalue weighted by molar-refractivity contribution is 5.94. The first-order chi connectivity index (χ1) is 11.2. The minimum Gasteiger partial charge on any atom is -0.352 e. The SMILES string of the molecule is CCCN1CCN(C(=O)CCCNC(=O)c2ccccc2)CC1. The van der Waals surface area contributed by atoms with Crippen LogP contribution in [-0.4, -0.2) is 60.9 Å². The molecular weight excluding hydrogens is 290 g/mol. The number of carbonyl (C=O) groups is 2. The third-order valence-corrected chi connectivity index (χ3v) is 4.15. The van der Waals surface area contributed by atoms with Crippen LogP contribution in [0.15, 0.2) is 30.3 Å². The molecule has 1 aliphatic heterocycles. The maximum atomic E-state index is 12.2. The lowest BCUT2D eigenvalue weighted by Gasteiger charge is -2.34. The summed E-state index contributed by atoms with van der Waals surface area (Å²) in [5, 5.41) is 2.86. The minimum absolute atomic E-state index is 0.0776. The molecule has 0 aliphatic carbocycles. The van der Waals surface area contributed by atoms with E-state index in [1.807, 2.05) is 23.1 Å². The smallest absolute Gasteiger partial charge is 0.251 e. The molecule has 0 aromatic heterocycles. The van der Waals surface area contributed by atoms with Gasteiger partial charge in [-0.05, 0) is 31.5 Å². The van der Waals surface area contributed by atoms with Crippen molar-refractivity contribution in [2.45, 2.75) is 26.2 Å². The van der Waals surface area contributed by atoms with E-state index >= 15 is 0 Å². The highest BCUT2D eigenvalue weighted by atomic mass is 16.2. The normalized spacial score (nSPS) is 15.4. The predicted octanol–water partition coefficient (Wildman–Crippen LogP) is 1.75. The second kappa shape index (κ2) is 9.30. The van der Waals surface area contributed by atoms with Gasteiger partial charge in [-0.1, -0.05) is 25.1 Å². The number of carbonyl (C=O) groups excluding carboxylic acids is 2. The van der Waals surface area contributed by atoms with E-state index in [0.717, 1.165) is 39.1 Å². The second-order valence-corrected chi connectivity index (χ2v) is 5.95. The molecule has 1 saturated heterocycles. The van der Waals surface area contributed by atoms with Crippen molar-refractivity contribution < 1.29 is 9.59 Å². The Morgan fingerprint density at radius 3 is 2.43 bits per heavy atom. The fourth-order valence-electron chi connectivity index (χ4n) is 2.83. The van der Waals surface area contributed by atoms with E-state index in [1.165, 1.54) is 0 Å². The number of benzene rings is 1. The van der Waals surface area contributed by atoms with Crippen LogP contribution in [0.2, 0.25) is 0 Å². The van der Waals surface area contributed by atoms with E-state index in [1.54, 1.807) is 12.1 Å². The second-order valence-electron chi connectivity index (χ2n) is 5.95. The van der Waals surface area contributed by atoms with Gasteiger partial charge in [0.2, 0.25) is 5.91 Å². The number of hydrogen-bond donors (Lipinski definition) is 1. The third kappa shape index (κ3) is 5.67. The Hall–Kier alpha value is -1.88. The fourth-order valence-corrected chi connectivity index (χ4v) is 2.83. The summed E-state index contributed by atoms with van der Waals surface area (Å²) >= 11 is 0. The summed E-state index contributed by atoms with van der Waals surface area (Å²) in [6.45, 7) is 7.45. The van der Waals surface area contributed by atoms with Crippen molar-refractivity contribution >= 4 is 11.8 Å². The van der Waals surface area contributed by atoms with Crippen LogP contribution in [0.1, 0.15) is 36.5 Å². The lowest BCUT2D eigenvalue weighted by molar-refractivity contribution is -0.133. The molecule has 0 radical (unpaired) electrons. The van der Waals surface area contributed by atoms with Crippen molar-refractivity contribution in [3.8, 4) is 0 Å². The van der Waals surface area contributed by atoms with Crippen LogP contribution in [0.3, 0.4) is 0 Å². The van der Waals surface area contributed by atoms with Gasteiger partial charge in [-0.2, -0.15) is 0 Å². The molecule has 5 heteroatoms. The van der Waals surface area contributed by atoms with Gasteiger partial charge in [0.1, 0.15) is 0 Å². The summed E-state index contributed by atoms with van der Waals surface area (Å²) in [5.74, 6) is 0.126. The van der Waals surface area contributed by atoms with Crippen molar-refractivity contribution in [1.29, 1.82) is 0 Å². The molecule has 2 rings (SSSR count). The van der Waals surface area contributed by atoms with Gasteiger partial charge in [-0.15, -0.1) is 0 Å². The van der Waals surface area contributed by atoms with Crippen LogP contribution in [0, 0.1) is 0 Å². The van der Waals surface area contributed by atoms with Crippen LogP contribution >= 0.6 is 0 Å². The first-order valence-electron chi connectivity index (χ1n) is 8.54. The summed E-state index contributed by atoms with van der Waals surface area (Å²) in [7, 11) is 0. The topological polar surface area (TPSA) is 52.6 Å². The quantitative estimate of drug-likeness (QED) is 0.780. The number of rotatable bonds is 7. The average Bonchev–Trinajstić information content (AvgIpc) is 2.60. The molecule has 1 heterocycles. The zero-order chi connectivity index (χ0) is 16.5. The zero-order valence-electron chi connectivity index (χ0n) is 14.0. The van der Waals surface area contributed by atoms with Crippen LogP contribution < -0.4 is 5.32 Å². The van der Waals surface area contributed by atoms with E-state index in [-0.39, 0.29) is 11.8 Å². The molecule has 0 saturated carbocycles. The molecule has 2 amide bonds. The van der Waals surface area contributed by atoms with E-state index in [9.17, 15) is 9.59 Å². The molecule has 0 spiro atoms. The van der Waals surface area contributed by atoms with Gasteiger partial charge in [-0.25, -0.2) is 0 Å². The van der Waals surface area contributed by atoms with E-state index in [4.69, 9.17) is 0 Å². The van der Waals surface area contributed by atoms with Crippen LogP contribution in [-0.2, 0) is 4.79 Å². The van der Waals surface area contributed by atoms with Gasteiger partial charge in [-0.3, -0.25) is 14.5 Å². The Morgan fingerprint density at radius 2 is 1.78 bits per heavy atom. The van der Waals surface area contributed by atoms with Gasteiger partial charge < -0.3 is 10.2 Å². The molecule has 5 nitrogen and oxygen atoms in total. The van der Waals surface area contributed by atoms with Gasteiger partial charge in [0.25, 0.3) is 5.91 Å². The Balaban J connectivity index is 1.61. The largest absolute Gasteiger partial charge is 0.352 e. The number of nitrogens with zero attached hydrogens (tertiary/aromatic N) is 2. The van der Waals surface area contributed by atoms with Crippen LogP contribution in [0.4, 0.5) is 0 Å². The molecule has 1 aromatic rings. The number of piperazine rings is 1. The molecule has 0 bridgehead atoms. The van der Waals surface area contributed by atoms with E-state index in [0.29, 0.717) is 24.9 Å². The molecule has 0 unspecified atom stereocenters. The highest BCUT2D eigenvalue weighted by Gasteiger charge is 2.19. The monoisotopic (exact) mass is 317 g/mol. The Bertz CT molecular complexity index is 496. The molecule has 0 atom stereocenters. The lowest BCUT2D eigenvalue weighted by atomic mass is 10.2. The Labute approximate surface area is 138 Å². The molecular formula is C18H27N3O2. The van der Waals surface area contributed by atoms with Crippen molar-refractivity contribution in [2.75, 3.05) is 39.3 Å².